The summed E-state index contributed by atoms with van der Waals surface area (Å²) in [5, 5.41) is 29.8. The van der Waals surface area contributed by atoms with Crippen molar-refractivity contribution in [2.45, 2.75) is 51.7 Å². The van der Waals surface area contributed by atoms with Crippen LogP contribution in [0.1, 0.15) is 59.0 Å². The Hall–Kier alpha value is -6.16. The maximum atomic E-state index is 10.6. The van der Waals surface area contributed by atoms with Crippen molar-refractivity contribution in [2.24, 2.45) is 0 Å². The number of halogens is 2. The molecule has 14 nitrogen and oxygen atoms in total. The first kappa shape index (κ1) is 38.1. The maximum Gasteiger partial charge on any atom is 0.222 e. The molecule has 0 unspecified atom stereocenters. The fraction of sp³-hybridized carbons (Fsp3) is 0.250. The van der Waals surface area contributed by atoms with Gasteiger partial charge in [-0.15, -0.1) is 0 Å². The number of hydrogen-bond acceptors (Lipinski definition) is 14. The number of aliphatic hydroxyl groups is 2. The smallest absolute Gasteiger partial charge is 0.222 e. The van der Waals surface area contributed by atoms with Gasteiger partial charge in [0, 0.05) is 47.7 Å². The number of fused-ring (bicyclic) bond motifs is 2. The number of aryl methyl sites for hydroxylation is 2. The van der Waals surface area contributed by atoms with Crippen molar-refractivity contribution in [2.75, 3.05) is 34.4 Å². The molecule has 56 heavy (non-hydrogen) atoms. The van der Waals surface area contributed by atoms with Crippen LogP contribution in [0.4, 0.5) is 34.9 Å². The van der Waals surface area contributed by atoms with E-state index in [0.29, 0.717) is 44.6 Å². The third-order valence-corrected chi connectivity index (χ3v) is 9.65. The minimum Gasteiger partial charge on any atom is -0.372 e. The van der Waals surface area contributed by atoms with E-state index in [1.165, 1.54) is 12.4 Å². The molecule has 0 radical (unpaired) electrons. The van der Waals surface area contributed by atoms with Crippen molar-refractivity contribution in [3.63, 3.8) is 0 Å². The predicted molar refractivity (Wildman–Crippen MR) is 213 cm³/mol. The number of nitrogens with two attached hydrogens (primary N) is 2. The summed E-state index contributed by atoms with van der Waals surface area (Å²) < 4.78 is 10.1. The van der Waals surface area contributed by atoms with Crippen LogP contribution in [-0.4, -0.2) is 53.6 Å². The SMILES string of the molecule is Cc1cc([C@@](C)(O)C#Cc2ccc3c(c2)N(c2nc(N)ncc2Cl)CC3)no1.Cc1cc([C@](C)(O)C#Cc2ccc3c(c2)N(c2nc(N)ncc2Cl)CC3)no1. The summed E-state index contributed by atoms with van der Waals surface area (Å²) in [5.74, 6) is 14.5. The van der Waals surface area contributed by atoms with Gasteiger partial charge in [0.05, 0.1) is 12.4 Å². The van der Waals surface area contributed by atoms with E-state index < -0.39 is 11.2 Å². The van der Waals surface area contributed by atoms with Crippen LogP contribution in [0.2, 0.25) is 10.0 Å². The Morgan fingerprint density at radius 2 is 1.09 bits per heavy atom. The van der Waals surface area contributed by atoms with Crippen molar-refractivity contribution in [1.82, 2.24) is 30.2 Å². The number of anilines is 6. The highest BCUT2D eigenvalue weighted by molar-refractivity contribution is 6.33. The first-order chi connectivity index (χ1) is 26.7. The van der Waals surface area contributed by atoms with E-state index in [-0.39, 0.29) is 11.9 Å². The highest BCUT2D eigenvalue weighted by Crippen LogP contribution is 2.39. The van der Waals surface area contributed by atoms with Crippen molar-refractivity contribution in [3.8, 4) is 23.7 Å². The van der Waals surface area contributed by atoms with E-state index in [2.05, 4.69) is 53.9 Å². The van der Waals surface area contributed by atoms with Gasteiger partial charge in [-0.3, -0.25) is 0 Å². The molecule has 0 bridgehead atoms. The van der Waals surface area contributed by atoms with Crippen LogP contribution in [0.5, 0.6) is 0 Å². The zero-order valence-electron chi connectivity index (χ0n) is 30.8. The quantitative estimate of drug-likeness (QED) is 0.153. The first-order valence-corrected chi connectivity index (χ1v) is 18.2. The number of nitrogens with zero attached hydrogens (tertiary/aromatic N) is 8. The summed E-state index contributed by atoms with van der Waals surface area (Å²) in [6.07, 6.45) is 4.72. The lowest BCUT2D eigenvalue weighted by atomic mass is 10.0. The lowest BCUT2D eigenvalue weighted by Crippen LogP contribution is -2.19. The van der Waals surface area contributed by atoms with Crippen LogP contribution in [0.15, 0.2) is 70.0 Å². The number of aromatic nitrogens is 6. The lowest BCUT2D eigenvalue weighted by molar-refractivity contribution is 0.112. The first-order valence-electron chi connectivity index (χ1n) is 17.4. The number of rotatable bonds is 4. The normalized spacial score (nSPS) is 14.9. The van der Waals surface area contributed by atoms with Crippen LogP contribution in [0.3, 0.4) is 0 Å². The second kappa shape index (κ2) is 15.2. The van der Waals surface area contributed by atoms with Gasteiger partial charge in [-0.05, 0) is 75.9 Å². The molecule has 2 atom stereocenters. The summed E-state index contributed by atoms with van der Waals surface area (Å²) in [7, 11) is 0. The van der Waals surface area contributed by atoms with Gasteiger partial charge in [-0.2, -0.15) is 9.97 Å². The van der Waals surface area contributed by atoms with Crippen molar-refractivity contribution < 1.29 is 19.3 Å². The predicted octanol–water partition coefficient (Wildman–Crippen LogP) is 5.92. The van der Waals surface area contributed by atoms with Crippen LogP contribution >= 0.6 is 23.2 Å². The number of nitrogen functional groups attached to an aromatic ring is 2. The standard InChI is InChI=1S/2C20H18ClN5O2/c2*1-12-9-17(25-28-12)20(2,27)7-5-13-3-4-14-6-8-26(16(14)10-13)18-15(21)11-23-19(22)24-18/h2*3-4,9-11,27H,6,8H2,1-2H3,(H2,22,23,24)/t2*20-/m10/s1. The average molecular weight is 792 g/mol. The highest BCUT2D eigenvalue weighted by atomic mass is 35.5. The zero-order chi connectivity index (χ0) is 39.8. The van der Waals surface area contributed by atoms with Crippen LogP contribution in [-0.2, 0) is 24.0 Å². The van der Waals surface area contributed by atoms with Gasteiger partial charge in [0.25, 0.3) is 0 Å². The fourth-order valence-corrected chi connectivity index (χ4v) is 6.57. The molecule has 2 aromatic carbocycles. The molecule has 16 heteroatoms. The summed E-state index contributed by atoms with van der Waals surface area (Å²) >= 11 is 12.5. The molecule has 6 aromatic rings. The van der Waals surface area contributed by atoms with Crippen LogP contribution in [0, 0.1) is 37.5 Å². The second-order valence-electron chi connectivity index (χ2n) is 13.6. The maximum absolute atomic E-state index is 10.6. The molecule has 0 saturated carbocycles. The van der Waals surface area contributed by atoms with Crippen LogP contribution in [0.25, 0.3) is 0 Å². The zero-order valence-corrected chi connectivity index (χ0v) is 32.3. The Balaban J connectivity index is 0.000000172. The molecule has 284 valence electrons. The number of benzene rings is 2. The fourth-order valence-electron chi connectivity index (χ4n) is 6.18. The third-order valence-electron chi connectivity index (χ3n) is 9.12. The highest BCUT2D eigenvalue weighted by Gasteiger charge is 2.28. The molecular formula is C40H36Cl2N10O4. The van der Waals surface area contributed by atoms with Crippen molar-refractivity contribution >= 4 is 58.1 Å². The topological polar surface area (TPSA) is 203 Å². The molecule has 2 aliphatic heterocycles. The van der Waals surface area contributed by atoms with Crippen molar-refractivity contribution in [1.29, 1.82) is 0 Å². The Morgan fingerprint density at radius 1 is 0.679 bits per heavy atom. The van der Waals surface area contributed by atoms with Gasteiger partial charge in [-0.25, -0.2) is 9.97 Å². The van der Waals surface area contributed by atoms with E-state index in [9.17, 15) is 10.2 Å². The molecule has 0 aliphatic carbocycles. The molecule has 8 rings (SSSR count). The molecule has 4 aromatic heterocycles. The Morgan fingerprint density at radius 3 is 1.46 bits per heavy atom. The third kappa shape index (κ3) is 8.10. The minimum absolute atomic E-state index is 0.169. The van der Waals surface area contributed by atoms with E-state index in [0.717, 1.165) is 59.6 Å². The Bertz CT molecular complexity index is 2400. The summed E-state index contributed by atoms with van der Waals surface area (Å²) in [4.78, 5) is 20.4. The lowest BCUT2D eigenvalue weighted by Gasteiger charge is -2.19. The molecule has 2 aliphatic rings. The molecule has 0 spiro atoms. The minimum atomic E-state index is -1.42. The molecule has 6 heterocycles. The van der Waals surface area contributed by atoms with E-state index in [4.69, 9.17) is 43.7 Å². The van der Waals surface area contributed by atoms with E-state index in [1.54, 1.807) is 39.8 Å². The van der Waals surface area contributed by atoms with Gasteiger partial charge >= 0.3 is 0 Å². The van der Waals surface area contributed by atoms with Gasteiger partial charge in [0.2, 0.25) is 11.9 Å². The van der Waals surface area contributed by atoms with Crippen molar-refractivity contribution in [3.05, 3.63) is 116 Å². The average Bonchev–Trinajstić information content (AvgIpc) is 3.99. The van der Waals surface area contributed by atoms with E-state index in [1.807, 2.05) is 46.2 Å². The molecular weight excluding hydrogens is 755 g/mol. The summed E-state index contributed by atoms with van der Waals surface area (Å²) in [5.41, 5.74) is 15.1. The molecule has 0 saturated heterocycles. The Labute approximate surface area is 332 Å². The van der Waals surface area contributed by atoms with Gasteiger partial charge in [0.1, 0.15) is 33.0 Å². The Kier molecular flexibility index (Phi) is 10.3. The summed E-state index contributed by atoms with van der Waals surface area (Å²) in [6, 6.07) is 15.1. The largest absolute Gasteiger partial charge is 0.372 e. The number of hydrogen-bond donors (Lipinski definition) is 4. The van der Waals surface area contributed by atoms with Crippen LogP contribution < -0.4 is 21.3 Å². The molecule has 6 N–H and O–H groups in total. The monoisotopic (exact) mass is 790 g/mol. The van der Waals surface area contributed by atoms with Gasteiger partial charge < -0.3 is 40.5 Å². The molecule has 0 fully saturated rings. The van der Waals surface area contributed by atoms with E-state index >= 15 is 0 Å². The molecule has 0 amide bonds. The second-order valence-corrected chi connectivity index (χ2v) is 14.4. The van der Waals surface area contributed by atoms with Gasteiger partial charge in [-0.1, -0.05) is 69.3 Å². The van der Waals surface area contributed by atoms with Gasteiger partial charge in [0.15, 0.2) is 22.8 Å². The summed E-state index contributed by atoms with van der Waals surface area (Å²) in [6.45, 7) is 8.16.